The Labute approximate surface area is 78.9 Å². The zero-order chi connectivity index (χ0) is 9.84. The first-order valence-electron chi connectivity index (χ1n) is 4.40. The maximum absolute atomic E-state index is 9.46. The van der Waals surface area contributed by atoms with E-state index in [9.17, 15) is 5.11 Å². The van der Waals surface area contributed by atoms with Gasteiger partial charge < -0.3 is 5.11 Å². The van der Waals surface area contributed by atoms with E-state index in [-0.39, 0.29) is 5.75 Å². The number of phenolic OH excluding ortho intramolecular Hbond substituents is 1. The van der Waals surface area contributed by atoms with Crippen LogP contribution < -0.4 is 0 Å². The summed E-state index contributed by atoms with van der Waals surface area (Å²) in [5.74, 6) is 0.764. The molecule has 1 aromatic carbocycles. The number of nitrogens with zero attached hydrogens (tertiary/aromatic N) is 1. The molecule has 70 valence electrons. The average molecular weight is 177 g/mol. The lowest BCUT2D eigenvalue weighted by molar-refractivity contribution is 0.474. The SMILES string of the molecule is CN=Cc1cc(C(C)C)ccc1O. The van der Waals surface area contributed by atoms with Crippen molar-refractivity contribution in [1.29, 1.82) is 0 Å². The zero-order valence-electron chi connectivity index (χ0n) is 8.28. The third-order valence-electron chi connectivity index (χ3n) is 1.99. The molecule has 0 saturated carbocycles. The highest BCUT2D eigenvalue weighted by molar-refractivity contribution is 5.83. The van der Waals surface area contributed by atoms with Crippen molar-refractivity contribution in [2.24, 2.45) is 4.99 Å². The number of phenols is 1. The molecule has 13 heavy (non-hydrogen) atoms. The van der Waals surface area contributed by atoms with Gasteiger partial charge in [-0.05, 0) is 23.6 Å². The molecule has 0 saturated heterocycles. The number of aliphatic imine (C=N–C) groups is 1. The number of rotatable bonds is 2. The molecule has 0 unspecified atom stereocenters. The summed E-state index contributed by atoms with van der Waals surface area (Å²) < 4.78 is 0. The van der Waals surface area contributed by atoms with E-state index < -0.39 is 0 Å². The van der Waals surface area contributed by atoms with Crippen LogP contribution in [0.15, 0.2) is 23.2 Å². The Kier molecular flexibility index (Phi) is 3.07. The van der Waals surface area contributed by atoms with Crippen molar-refractivity contribution in [3.63, 3.8) is 0 Å². The van der Waals surface area contributed by atoms with Crippen molar-refractivity contribution >= 4 is 6.21 Å². The van der Waals surface area contributed by atoms with Crippen LogP contribution in [0.2, 0.25) is 0 Å². The lowest BCUT2D eigenvalue weighted by atomic mass is 10.0. The summed E-state index contributed by atoms with van der Waals surface area (Å²) in [5, 5.41) is 9.46. The molecule has 2 nitrogen and oxygen atoms in total. The lowest BCUT2D eigenvalue weighted by Crippen LogP contribution is -1.90. The quantitative estimate of drug-likeness (QED) is 0.692. The maximum atomic E-state index is 9.46. The third kappa shape index (κ3) is 2.31. The van der Waals surface area contributed by atoms with E-state index in [1.54, 1.807) is 19.3 Å². The molecule has 0 aliphatic rings. The average Bonchev–Trinajstić information content (AvgIpc) is 2.08. The van der Waals surface area contributed by atoms with Crippen LogP contribution >= 0.6 is 0 Å². The highest BCUT2D eigenvalue weighted by atomic mass is 16.3. The van der Waals surface area contributed by atoms with Crippen molar-refractivity contribution in [3.05, 3.63) is 29.3 Å². The Balaban J connectivity index is 3.11. The van der Waals surface area contributed by atoms with E-state index in [0.29, 0.717) is 5.92 Å². The minimum absolute atomic E-state index is 0.287. The van der Waals surface area contributed by atoms with Crippen molar-refractivity contribution < 1.29 is 5.11 Å². The molecule has 0 aromatic heterocycles. The maximum Gasteiger partial charge on any atom is 0.124 e. The highest BCUT2D eigenvalue weighted by Crippen LogP contribution is 2.21. The molecule has 1 aromatic rings. The van der Waals surface area contributed by atoms with Gasteiger partial charge in [-0.15, -0.1) is 0 Å². The summed E-state index contributed by atoms with van der Waals surface area (Å²) in [6.07, 6.45) is 1.67. The Hall–Kier alpha value is -1.31. The molecule has 0 radical (unpaired) electrons. The molecule has 0 heterocycles. The molecule has 0 amide bonds. The van der Waals surface area contributed by atoms with Crippen LogP contribution in [-0.4, -0.2) is 18.4 Å². The normalized spacial score (nSPS) is 11.4. The first kappa shape index (κ1) is 9.78. The minimum Gasteiger partial charge on any atom is -0.507 e. The van der Waals surface area contributed by atoms with Crippen molar-refractivity contribution in [1.82, 2.24) is 0 Å². The second kappa shape index (κ2) is 4.08. The van der Waals surface area contributed by atoms with Gasteiger partial charge in [0.25, 0.3) is 0 Å². The monoisotopic (exact) mass is 177 g/mol. The van der Waals surface area contributed by atoms with Gasteiger partial charge in [0.05, 0.1) is 0 Å². The summed E-state index contributed by atoms with van der Waals surface area (Å²) in [6.45, 7) is 4.25. The van der Waals surface area contributed by atoms with Gasteiger partial charge >= 0.3 is 0 Å². The Morgan fingerprint density at radius 1 is 1.38 bits per heavy atom. The fourth-order valence-electron chi connectivity index (χ4n) is 1.17. The van der Waals surface area contributed by atoms with E-state index in [1.807, 2.05) is 12.1 Å². The molecule has 1 rings (SSSR count). The van der Waals surface area contributed by atoms with Gasteiger partial charge in [-0.1, -0.05) is 19.9 Å². The van der Waals surface area contributed by atoms with E-state index in [0.717, 1.165) is 5.56 Å². The fourth-order valence-corrected chi connectivity index (χ4v) is 1.17. The Morgan fingerprint density at radius 3 is 2.62 bits per heavy atom. The van der Waals surface area contributed by atoms with Crippen molar-refractivity contribution in [2.45, 2.75) is 19.8 Å². The number of hydrogen-bond donors (Lipinski definition) is 1. The van der Waals surface area contributed by atoms with E-state index in [2.05, 4.69) is 18.8 Å². The molecule has 0 aliphatic heterocycles. The van der Waals surface area contributed by atoms with Crippen LogP contribution in [0.3, 0.4) is 0 Å². The third-order valence-corrected chi connectivity index (χ3v) is 1.99. The van der Waals surface area contributed by atoms with Gasteiger partial charge in [0.1, 0.15) is 5.75 Å². The van der Waals surface area contributed by atoms with Gasteiger partial charge in [0.2, 0.25) is 0 Å². The Morgan fingerprint density at radius 2 is 2.08 bits per heavy atom. The summed E-state index contributed by atoms with van der Waals surface area (Å²) in [5.41, 5.74) is 2.00. The molecule has 0 aliphatic carbocycles. The first-order chi connectivity index (χ1) is 6.15. The summed E-state index contributed by atoms with van der Waals surface area (Å²) in [7, 11) is 1.70. The largest absolute Gasteiger partial charge is 0.507 e. The van der Waals surface area contributed by atoms with E-state index in [1.165, 1.54) is 5.56 Å². The second-order valence-electron chi connectivity index (χ2n) is 3.36. The Bertz CT molecular complexity index is 316. The molecule has 0 atom stereocenters. The van der Waals surface area contributed by atoms with Crippen LogP contribution in [0.1, 0.15) is 30.9 Å². The smallest absolute Gasteiger partial charge is 0.124 e. The predicted octanol–water partition coefficient (Wildman–Crippen LogP) is 2.56. The minimum atomic E-state index is 0.287. The fraction of sp³-hybridized carbons (Fsp3) is 0.364. The molecule has 0 fully saturated rings. The van der Waals surface area contributed by atoms with Gasteiger partial charge in [0.15, 0.2) is 0 Å². The van der Waals surface area contributed by atoms with Gasteiger partial charge in [0, 0.05) is 18.8 Å². The van der Waals surface area contributed by atoms with Crippen molar-refractivity contribution in [2.75, 3.05) is 7.05 Å². The van der Waals surface area contributed by atoms with Crippen LogP contribution in [0.25, 0.3) is 0 Å². The van der Waals surface area contributed by atoms with E-state index >= 15 is 0 Å². The second-order valence-corrected chi connectivity index (χ2v) is 3.36. The van der Waals surface area contributed by atoms with Gasteiger partial charge in [-0.2, -0.15) is 0 Å². The predicted molar refractivity (Wildman–Crippen MR) is 55.7 cm³/mol. The molecular formula is C11H15NO. The molecule has 0 spiro atoms. The number of benzene rings is 1. The van der Waals surface area contributed by atoms with Gasteiger partial charge in [-0.3, -0.25) is 4.99 Å². The van der Waals surface area contributed by atoms with E-state index in [4.69, 9.17) is 0 Å². The van der Waals surface area contributed by atoms with Crippen LogP contribution in [-0.2, 0) is 0 Å². The van der Waals surface area contributed by atoms with Gasteiger partial charge in [-0.25, -0.2) is 0 Å². The van der Waals surface area contributed by atoms with Crippen molar-refractivity contribution in [3.8, 4) is 5.75 Å². The zero-order valence-corrected chi connectivity index (χ0v) is 8.28. The molecule has 1 N–H and O–H groups in total. The highest BCUT2D eigenvalue weighted by Gasteiger charge is 2.02. The molecular weight excluding hydrogens is 162 g/mol. The summed E-state index contributed by atoms with van der Waals surface area (Å²) in [4.78, 5) is 3.88. The van der Waals surface area contributed by atoms with Crippen LogP contribution in [0, 0.1) is 0 Å². The topological polar surface area (TPSA) is 32.6 Å². The first-order valence-corrected chi connectivity index (χ1v) is 4.40. The summed E-state index contributed by atoms with van der Waals surface area (Å²) >= 11 is 0. The standard InChI is InChI=1S/C11H15NO/c1-8(2)9-4-5-11(13)10(6-9)7-12-3/h4-8,13H,1-3H3. The number of hydrogen-bond acceptors (Lipinski definition) is 2. The summed E-state index contributed by atoms with van der Waals surface area (Å²) in [6, 6.07) is 5.62. The molecule has 0 bridgehead atoms. The molecule has 2 heteroatoms. The van der Waals surface area contributed by atoms with Crippen LogP contribution in [0.4, 0.5) is 0 Å². The van der Waals surface area contributed by atoms with Crippen LogP contribution in [0.5, 0.6) is 5.75 Å². The lowest BCUT2D eigenvalue weighted by Gasteiger charge is -2.06. The number of aromatic hydroxyl groups is 1.